The zero-order valence-corrected chi connectivity index (χ0v) is 10.0. The van der Waals surface area contributed by atoms with Gasteiger partial charge in [-0.15, -0.1) is 0 Å². The summed E-state index contributed by atoms with van der Waals surface area (Å²) in [5.74, 6) is 0.894. The first-order chi connectivity index (χ1) is 6.66. The highest BCUT2D eigenvalue weighted by Crippen LogP contribution is 2.37. The molecule has 1 aromatic carbocycles. The van der Waals surface area contributed by atoms with Crippen LogP contribution in [-0.2, 0) is 0 Å². The van der Waals surface area contributed by atoms with Gasteiger partial charge < -0.3 is 5.73 Å². The molecule has 0 bridgehead atoms. The summed E-state index contributed by atoms with van der Waals surface area (Å²) in [5, 5.41) is 0. The molecule has 1 aliphatic carbocycles. The van der Waals surface area contributed by atoms with Gasteiger partial charge in [0.05, 0.1) is 0 Å². The molecular weight excluding hydrogens is 238 g/mol. The molecule has 0 aliphatic heterocycles. The molecule has 0 radical (unpaired) electrons. The van der Waals surface area contributed by atoms with Crippen molar-refractivity contribution in [3.63, 3.8) is 0 Å². The Morgan fingerprint density at radius 2 is 2.21 bits per heavy atom. The van der Waals surface area contributed by atoms with E-state index in [2.05, 4.69) is 41.1 Å². The third-order valence-corrected chi connectivity index (χ3v) is 3.76. The van der Waals surface area contributed by atoms with Gasteiger partial charge in [0.15, 0.2) is 0 Å². The summed E-state index contributed by atoms with van der Waals surface area (Å²) >= 11 is 3.54. The van der Waals surface area contributed by atoms with Crippen molar-refractivity contribution in [2.75, 3.05) is 0 Å². The maximum absolute atomic E-state index is 6.13. The van der Waals surface area contributed by atoms with Gasteiger partial charge in [0.2, 0.25) is 0 Å². The maximum Gasteiger partial charge on any atom is 0.0297 e. The first kappa shape index (κ1) is 10.2. The van der Waals surface area contributed by atoms with E-state index in [9.17, 15) is 0 Å². The van der Waals surface area contributed by atoms with Crippen molar-refractivity contribution in [3.05, 3.63) is 33.8 Å². The van der Waals surface area contributed by atoms with Crippen LogP contribution in [0.15, 0.2) is 22.7 Å². The van der Waals surface area contributed by atoms with Gasteiger partial charge in [-0.3, -0.25) is 0 Å². The average Bonchev–Trinajstić information content (AvgIpc) is 2.93. The Labute approximate surface area is 93.8 Å². The molecular formula is C12H16BrN. The molecule has 1 atom stereocenters. The standard InChI is InChI=1S/C12H16BrN/c1-8-2-5-10(7-11(8)13)12(14)6-9-3-4-9/h2,5,7,9,12H,3-4,6,14H2,1H3/t12-/m0/s1. The Kier molecular flexibility index (Phi) is 2.93. The molecule has 1 aromatic rings. The van der Waals surface area contributed by atoms with Crippen molar-refractivity contribution in [3.8, 4) is 0 Å². The second-order valence-corrected chi connectivity index (χ2v) is 5.15. The van der Waals surface area contributed by atoms with Crippen molar-refractivity contribution in [2.45, 2.75) is 32.2 Å². The molecule has 76 valence electrons. The molecule has 0 amide bonds. The van der Waals surface area contributed by atoms with Crippen LogP contribution in [0.25, 0.3) is 0 Å². The fourth-order valence-electron chi connectivity index (χ4n) is 1.69. The van der Waals surface area contributed by atoms with Crippen LogP contribution in [0.4, 0.5) is 0 Å². The van der Waals surface area contributed by atoms with E-state index in [0.717, 1.165) is 12.3 Å². The van der Waals surface area contributed by atoms with E-state index in [0.29, 0.717) is 0 Å². The Morgan fingerprint density at radius 1 is 1.50 bits per heavy atom. The highest BCUT2D eigenvalue weighted by Gasteiger charge is 2.24. The Bertz CT molecular complexity index is 331. The molecule has 0 heterocycles. The molecule has 2 rings (SSSR count). The van der Waals surface area contributed by atoms with E-state index < -0.39 is 0 Å². The van der Waals surface area contributed by atoms with E-state index in [-0.39, 0.29) is 6.04 Å². The topological polar surface area (TPSA) is 26.0 Å². The largest absolute Gasteiger partial charge is 0.324 e. The van der Waals surface area contributed by atoms with Gasteiger partial charge in [-0.2, -0.15) is 0 Å². The molecule has 1 aliphatic rings. The molecule has 0 aromatic heterocycles. The number of hydrogen-bond acceptors (Lipinski definition) is 1. The first-order valence-electron chi connectivity index (χ1n) is 5.18. The Hall–Kier alpha value is -0.340. The summed E-state index contributed by atoms with van der Waals surface area (Å²) in [5.41, 5.74) is 8.66. The van der Waals surface area contributed by atoms with Gasteiger partial charge >= 0.3 is 0 Å². The van der Waals surface area contributed by atoms with E-state index in [1.54, 1.807) is 0 Å². The summed E-state index contributed by atoms with van der Waals surface area (Å²) < 4.78 is 1.17. The van der Waals surface area contributed by atoms with Crippen molar-refractivity contribution in [2.24, 2.45) is 11.7 Å². The highest BCUT2D eigenvalue weighted by molar-refractivity contribution is 9.10. The third-order valence-electron chi connectivity index (χ3n) is 2.91. The molecule has 1 nitrogen and oxygen atoms in total. The summed E-state index contributed by atoms with van der Waals surface area (Å²) in [4.78, 5) is 0. The van der Waals surface area contributed by atoms with Crippen LogP contribution >= 0.6 is 15.9 Å². The molecule has 2 heteroatoms. The minimum absolute atomic E-state index is 0.222. The molecule has 0 spiro atoms. The van der Waals surface area contributed by atoms with E-state index in [1.807, 2.05) is 0 Å². The van der Waals surface area contributed by atoms with Gasteiger partial charge in [-0.05, 0) is 36.5 Å². The van der Waals surface area contributed by atoms with Gasteiger partial charge in [0, 0.05) is 10.5 Å². The van der Waals surface area contributed by atoms with Crippen LogP contribution in [0.3, 0.4) is 0 Å². The van der Waals surface area contributed by atoms with Crippen LogP contribution in [-0.4, -0.2) is 0 Å². The average molecular weight is 254 g/mol. The minimum atomic E-state index is 0.222. The molecule has 14 heavy (non-hydrogen) atoms. The van der Waals surface area contributed by atoms with E-state index in [4.69, 9.17) is 5.73 Å². The maximum atomic E-state index is 6.13. The van der Waals surface area contributed by atoms with Gasteiger partial charge in [0.25, 0.3) is 0 Å². The highest BCUT2D eigenvalue weighted by atomic mass is 79.9. The number of hydrogen-bond donors (Lipinski definition) is 1. The lowest BCUT2D eigenvalue weighted by Crippen LogP contribution is -2.10. The lowest BCUT2D eigenvalue weighted by Gasteiger charge is -2.12. The monoisotopic (exact) mass is 253 g/mol. The summed E-state index contributed by atoms with van der Waals surface area (Å²) in [6, 6.07) is 6.65. The van der Waals surface area contributed by atoms with Crippen molar-refractivity contribution in [1.29, 1.82) is 0 Å². The van der Waals surface area contributed by atoms with Crippen LogP contribution in [0, 0.1) is 12.8 Å². The molecule has 2 N–H and O–H groups in total. The minimum Gasteiger partial charge on any atom is -0.324 e. The van der Waals surface area contributed by atoms with Gasteiger partial charge in [-0.1, -0.05) is 40.9 Å². The summed E-state index contributed by atoms with van der Waals surface area (Å²) in [6.45, 7) is 2.10. The van der Waals surface area contributed by atoms with Gasteiger partial charge in [0.1, 0.15) is 0 Å². The SMILES string of the molecule is Cc1ccc([C@@H](N)CC2CC2)cc1Br. The fraction of sp³-hybridized carbons (Fsp3) is 0.500. The Balaban J connectivity index is 2.10. The first-order valence-corrected chi connectivity index (χ1v) is 5.98. The predicted molar refractivity (Wildman–Crippen MR) is 63.1 cm³/mol. The lowest BCUT2D eigenvalue weighted by molar-refractivity contribution is 0.596. The second kappa shape index (κ2) is 4.03. The van der Waals surface area contributed by atoms with Crippen LogP contribution in [0.5, 0.6) is 0 Å². The second-order valence-electron chi connectivity index (χ2n) is 4.29. The summed E-state index contributed by atoms with van der Waals surface area (Å²) in [7, 11) is 0. The smallest absolute Gasteiger partial charge is 0.0297 e. The zero-order chi connectivity index (χ0) is 10.1. The predicted octanol–water partition coefficient (Wildman–Crippen LogP) is 3.56. The molecule has 1 saturated carbocycles. The van der Waals surface area contributed by atoms with E-state index >= 15 is 0 Å². The number of aryl methyl sites for hydroxylation is 1. The molecule has 0 unspecified atom stereocenters. The van der Waals surface area contributed by atoms with Crippen LogP contribution in [0.1, 0.15) is 36.4 Å². The number of benzene rings is 1. The Morgan fingerprint density at radius 3 is 2.79 bits per heavy atom. The third kappa shape index (κ3) is 2.37. The van der Waals surface area contributed by atoms with Crippen LogP contribution in [0.2, 0.25) is 0 Å². The zero-order valence-electron chi connectivity index (χ0n) is 8.46. The number of rotatable bonds is 3. The van der Waals surface area contributed by atoms with E-state index in [1.165, 1.54) is 28.4 Å². The normalized spacial score (nSPS) is 18.2. The fourth-order valence-corrected chi connectivity index (χ4v) is 2.08. The van der Waals surface area contributed by atoms with Crippen LogP contribution < -0.4 is 5.73 Å². The summed E-state index contributed by atoms with van der Waals surface area (Å²) in [6.07, 6.45) is 3.90. The quantitative estimate of drug-likeness (QED) is 0.876. The number of nitrogens with two attached hydrogens (primary N) is 1. The lowest BCUT2D eigenvalue weighted by atomic mass is 10.0. The molecule has 1 fully saturated rings. The van der Waals surface area contributed by atoms with Crippen molar-refractivity contribution < 1.29 is 0 Å². The van der Waals surface area contributed by atoms with Gasteiger partial charge in [-0.25, -0.2) is 0 Å². The van der Waals surface area contributed by atoms with Crippen molar-refractivity contribution >= 4 is 15.9 Å². The number of halogens is 1. The van der Waals surface area contributed by atoms with Crippen molar-refractivity contribution in [1.82, 2.24) is 0 Å². The molecule has 0 saturated heterocycles.